The number of nitrogens with one attached hydrogen (secondary N) is 1. The van der Waals surface area contributed by atoms with Crippen LogP contribution in [-0.2, 0) is 4.74 Å². The molecule has 9 nitrogen and oxygen atoms in total. The van der Waals surface area contributed by atoms with E-state index < -0.39 is 5.82 Å². The Morgan fingerprint density at radius 3 is 2.65 bits per heavy atom. The lowest BCUT2D eigenvalue weighted by atomic mass is 9.93. The van der Waals surface area contributed by atoms with Crippen molar-refractivity contribution in [1.29, 1.82) is 5.26 Å². The highest BCUT2D eigenvalue weighted by molar-refractivity contribution is 6.04. The zero-order valence-electron chi connectivity index (χ0n) is 19.9. The number of nitrogens with two attached hydrogens (primary N) is 1. The molecular weight excluding hydrogens is 499 g/mol. The van der Waals surface area contributed by atoms with Gasteiger partial charge in [-0.3, -0.25) is 10.00 Å². The van der Waals surface area contributed by atoms with E-state index in [-0.39, 0.29) is 46.4 Å². The summed E-state index contributed by atoms with van der Waals surface area (Å²) in [6, 6.07) is 13.2. The van der Waals surface area contributed by atoms with E-state index in [0.717, 1.165) is 45.3 Å². The highest BCUT2D eigenvalue weighted by atomic mass is 35.5. The molecule has 2 aromatic heterocycles. The average Bonchev–Trinajstić information content (AvgIpc) is 3.27. The molecule has 0 radical (unpaired) electrons. The van der Waals surface area contributed by atoms with Crippen LogP contribution < -0.4 is 10.5 Å². The Balaban J connectivity index is 0.00000320. The highest BCUT2D eigenvalue weighted by Gasteiger charge is 2.23. The van der Waals surface area contributed by atoms with Gasteiger partial charge in [-0.25, -0.2) is 9.37 Å². The molecule has 1 aliphatic heterocycles. The molecular formula is C26H26ClFN6O3. The monoisotopic (exact) mass is 524 g/mol. The van der Waals surface area contributed by atoms with Crippen LogP contribution in [0.25, 0.3) is 33.4 Å². The minimum Gasteiger partial charge on any atom is -0.508 e. The van der Waals surface area contributed by atoms with Gasteiger partial charge in [0, 0.05) is 36.8 Å². The number of benzene rings is 2. The number of nitrogen functional groups attached to an aromatic ring is 1. The van der Waals surface area contributed by atoms with Crippen molar-refractivity contribution >= 4 is 29.3 Å². The van der Waals surface area contributed by atoms with Gasteiger partial charge in [0.25, 0.3) is 0 Å². The van der Waals surface area contributed by atoms with E-state index in [1.54, 1.807) is 0 Å². The van der Waals surface area contributed by atoms with Gasteiger partial charge >= 0.3 is 0 Å². The smallest absolute Gasteiger partial charge is 0.184 e. The summed E-state index contributed by atoms with van der Waals surface area (Å²) in [5.74, 6) is 0.0360. The Bertz CT molecular complexity index is 1430. The van der Waals surface area contributed by atoms with E-state index >= 15 is 0 Å². The number of anilines is 1. The van der Waals surface area contributed by atoms with Gasteiger partial charge in [-0.2, -0.15) is 10.4 Å². The molecule has 4 N–H and O–H groups in total. The fourth-order valence-electron chi connectivity index (χ4n) is 4.39. The maximum absolute atomic E-state index is 14.7. The van der Waals surface area contributed by atoms with Gasteiger partial charge in [-0.05, 0) is 36.2 Å². The number of halogens is 2. The van der Waals surface area contributed by atoms with Crippen molar-refractivity contribution in [2.45, 2.75) is 6.42 Å². The SMILES string of the molecule is Cl.N#Cc1c(-c2ccc(O)cc2F)nc2n[nH]c(N)c2c1-c1ccc(OCCCN2CCOCC2)cc1. The molecule has 37 heavy (non-hydrogen) atoms. The Hall–Kier alpha value is -3.91. The molecule has 0 saturated carbocycles. The number of hydrogen-bond donors (Lipinski definition) is 3. The lowest BCUT2D eigenvalue weighted by Crippen LogP contribution is -2.37. The van der Waals surface area contributed by atoms with Crippen molar-refractivity contribution in [3.8, 4) is 40.0 Å². The number of H-pyrrole nitrogens is 1. The Morgan fingerprint density at radius 1 is 1.19 bits per heavy atom. The average molecular weight is 525 g/mol. The molecule has 1 saturated heterocycles. The molecule has 1 aliphatic rings. The van der Waals surface area contributed by atoms with Gasteiger partial charge in [0.05, 0.1) is 36.5 Å². The number of nitrogens with zero attached hydrogens (tertiary/aromatic N) is 4. The zero-order valence-corrected chi connectivity index (χ0v) is 20.7. The number of nitriles is 1. The first-order valence-corrected chi connectivity index (χ1v) is 11.6. The topological polar surface area (TPSA) is 133 Å². The van der Waals surface area contributed by atoms with Gasteiger partial charge in [0.1, 0.15) is 29.2 Å². The van der Waals surface area contributed by atoms with Crippen LogP contribution in [0.3, 0.4) is 0 Å². The molecule has 192 valence electrons. The van der Waals surface area contributed by atoms with Crippen LogP contribution in [0.15, 0.2) is 42.5 Å². The predicted molar refractivity (Wildman–Crippen MR) is 140 cm³/mol. The number of phenolic OH excluding ortho intramolecular Hbond substituents is 1. The zero-order chi connectivity index (χ0) is 25.1. The molecule has 0 unspecified atom stereocenters. The molecule has 0 aliphatic carbocycles. The summed E-state index contributed by atoms with van der Waals surface area (Å²) in [6.07, 6.45) is 0.901. The normalized spacial score (nSPS) is 13.7. The minimum absolute atomic E-state index is 0. The summed E-state index contributed by atoms with van der Waals surface area (Å²) >= 11 is 0. The number of aromatic hydroxyl groups is 1. The van der Waals surface area contributed by atoms with Crippen LogP contribution in [-0.4, -0.2) is 64.6 Å². The van der Waals surface area contributed by atoms with Crippen molar-refractivity contribution < 1.29 is 19.0 Å². The predicted octanol–water partition coefficient (Wildman–Crippen LogP) is 4.11. The van der Waals surface area contributed by atoms with E-state index in [0.29, 0.717) is 28.9 Å². The number of aromatic amines is 1. The summed E-state index contributed by atoms with van der Waals surface area (Å²) in [6.45, 7) is 4.99. The Kier molecular flexibility index (Phi) is 8.08. The van der Waals surface area contributed by atoms with Crippen LogP contribution in [0.5, 0.6) is 11.5 Å². The first kappa shape index (κ1) is 26.2. The van der Waals surface area contributed by atoms with E-state index in [1.807, 2.05) is 24.3 Å². The van der Waals surface area contributed by atoms with Crippen molar-refractivity contribution in [1.82, 2.24) is 20.1 Å². The summed E-state index contributed by atoms with van der Waals surface area (Å²) in [7, 11) is 0. The Labute approximate surface area is 219 Å². The van der Waals surface area contributed by atoms with E-state index in [2.05, 4.69) is 26.2 Å². The molecule has 5 rings (SSSR count). The fraction of sp³-hybridized carbons (Fsp3) is 0.269. The second-order valence-electron chi connectivity index (χ2n) is 8.50. The molecule has 4 aromatic rings. The lowest BCUT2D eigenvalue weighted by molar-refractivity contribution is 0.0358. The quantitative estimate of drug-likeness (QED) is 0.307. The minimum atomic E-state index is -0.700. The largest absolute Gasteiger partial charge is 0.508 e. The van der Waals surface area contributed by atoms with Crippen molar-refractivity contribution in [3.05, 3.63) is 53.8 Å². The van der Waals surface area contributed by atoms with Crippen LogP contribution in [0.4, 0.5) is 10.2 Å². The van der Waals surface area contributed by atoms with E-state index in [4.69, 9.17) is 15.2 Å². The molecule has 0 bridgehead atoms. The standard InChI is InChI=1S/C26H25FN6O3.ClH/c27-21-14-17(34)4-7-19(21)24-20(15-28)22(23-25(29)31-32-26(23)30-24)16-2-5-18(6-3-16)36-11-1-8-33-9-12-35-13-10-33;/h2-7,14,34H,1,8-13H2,(H3,29,30,31,32);1H. The summed E-state index contributed by atoms with van der Waals surface area (Å²) in [4.78, 5) is 6.78. The van der Waals surface area contributed by atoms with Crippen LogP contribution in [0, 0.1) is 17.1 Å². The number of ether oxygens (including phenoxy) is 2. The molecule has 1 fully saturated rings. The van der Waals surface area contributed by atoms with Gasteiger partial charge in [-0.1, -0.05) is 12.1 Å². The van der Waals surface area contributed by atoms with E-state index in [9.17, 15) is 14.8 Å². The second-order valence-corrected chi connectivity index (χ2v) is 8.50. The third kappa shape index (κ3) is 5.44. The molecule has 2 aromatic carbocycles. The number of pyridine rings is 1. The van der Waals surface area contributed by atoms with Crippen molar-refractivity contribution in [3.63, 3.8) is 0 Å². The number of hydrogen-bond acceptors (Lipinski definition) is 8. The van der Waals surface area contributed by atoms with Gasteiger partial charge in [0.15, 0.2) is 5.65 Å². The third-order valence-corrected chi connectivity index (χ3v) is 6.18. The van der Waals surface area contributed by atoms with Gasteiger partial charge in [-0.15, -0.1) is 12.4 Å². The first-order chi connectivity index (χ1) is 17.5. The highest BCUT2D eigenvalue weighted by Crippen LogP contribution is 2.39. The summed E-state index contributed by atoms with van der Waals surface area (Å²) in [5.41, 5.74) is 7.93. The number of fused-ring (bicyclic) bond motifs is 1. The Morgan fingerprint density at radius 2 is 1.95 bits per heavy atom. The fourth-order valence-corrected chi connectivity index (χ4v) is 4.39. The molecule has 11 heteroatoms. The maximum atomic E-state index is 14.7. The van der Waals surface area contributed by atoms with Crippen molar-refractivity contribution in [2.24, 2.45) is 0 Å². The number of morpholine rings is 1. The van der Waals surface area contributed by atoms with Gasteiger partial charge in [0.2, 0.25) is 0 Å². The molecule has 0 atom stereocenters. The molecule has 0 spiro atoms. The number of phenols is 1. The van der Waals surface area contributed by atoms with Crippen molar-refractivity contribution in [2.75, 3.05) is 45.2 Å². The van der Waals surface area contributed by atoms with E-state index in [1.165, 1.54) is 12.1 Å². The first-order valence-electron chi connectivity index (χ1n) is 11.6. The molecule has 3 heterocycles. The lowest BCUT2D eigenvalue weighted by Gasteiger charge is -2.26. The maximum Gasteiger partial charge on any atom is 0.184 e. The second kappa shape index (κ2) is 11.4. The number of aromatic nitrogens is 3. The van der Waals surface area contributed by atoms with Gasteiger partial charge < -0.3 is 20.3 Å². The summed E-state index contributed by atoms with van der Waals surface area (Å²) < 4.78 is 26.0. The molecule has 0 amide bonds. The summed E-state index contributed by atoms with van der Waals surface area (Å²) in [5, 5.41) is 27.0. The van der Waals surface area contributed by atoms with Crippen LogP contribution in [0.1, 0.15) is 12.0 Å². The van der Waals surface area contributed by atoms with Crippen LogP contribution in [0.2, 0.25) is 0 Å². The number of rotatable bonds is 7. The van der Waals surface area contributed by atoms with Crippen LogP contribution >= 0.6 is 12.4 Å². The third-order valence-electron chi connectivity index (χ3n) is 6.18.